The minimum atomic E-state index is -0.601. The molecule has 0 atom stereocenters. The molecule has 31 heavy (non-hydrogen) atoms. The molecule has 0 aliphatic carbocycles. The Morgan fingerprint density at radius 1 is 0.968 bits per heavy atom. The molecule has 3 aromatic rings. The topological polar surface area (TPSA) is 79.2 Å². The third-order valence-electron chi connectivity index (χ3n) is 4.17. The van der Waals surface area contributed by atoms with Crippen molar-refractivity contribution in [1.29, 1.82) is 5.26 Å². The summed E-state index contributed by atoms with van der Waals surface area (Å²) >= 11 is 11.8. The van der Waals surface area contributed by atoms with Gasteiger partial charge in [-0.05, 0) is 61.0 Å². The van der Waals surface area contributed by atoms with E-state index >= 15 is 0 Å². The summed E-state index contributed by atoms with van der Waals surface area (Å²) in [7, 11) is 0. The van der Waals surface area contributed by atoms with Crippen LogP contribution in [0.1, 0.15) is 21.5 Å². The summed E-state index contributed by atoms with van der Waals surface area (Å²) in [6.07, 6.45) is 1.42. The van der Waals surface area contributed by atoms with Crippen LogP contribution in [0, 0.1) is 18.3 Å². The molecule has 154 valence electrons. The fourth-order valence-electron chi connectivity index (χ4n) is 2.63. The van der Waals surface area contributed by atoms with Gasteiger partial charge >= 0.3 is 5.97 Å². The molecule has 5 nitrogen and oxygen atoms in total. The molecule has 0 aromatic heterocycles. The maximum Gasteiger partial charge on any atom is 0.343 e. The van der Waals surface area contributed by atoms with E-state index in [9.17, 15) is 14.9 Å². The van der Waals surface area contributed by atoms with Crippen molar-refractivity contribution in [3.8, 4) is 11.8 Å². The van der Waals surface area contributed by atoms with E-state index in [-0.39, 0.29) is 5.57 Å². The van der Waals surface area contributed by atoms with E-state index in [2.05, 4.69) is 5.32 Å². The number of ether oxygens (including phenoxy) is 1. The fraction of sp³-hybridized carbons (Fsp3) is 0.0417. The van der Waals surface area contributed by atoms with Gasteiger partial charge in [0.25, 0.3) is 5.91 Å². The summed E-state index contributed by atoms with van der Waals surface area (Å²) < 4.78 is 5.35. The summed E-state index contributed by atoms with van der Waals surface area (Å²) in [6.45, 7) is 1.93. The van der Waals surface area contributed by atoms with E-state index in [1.807, 2.05) is 25.1 Å². The SMILES string of the molecule is Cc1ccc(C(=O)Oc2ccc(/C=C(\C#N)C(=O)Nc3cc(Cl)cc(Cl)c3)cc2)cc1. The van der Waals surface area contributed by atoms with Crippen LogP contribution >= 0.6 is 23.2 Å². The normalized spacial score (nSPS) is 10.8. The number of nitrogens with one attached hydrogen (secondary N) is 1. The molecule has 0 fully saturated rings. The van der Waals surface area contributed by atoms with Crippen molar-refractivity contribution in [2.75, 3.05) is 5.32 Å². The molecule has 0 aliphatic rings. The average molecular weight is 451 g/mol. The van der Waals surface area contributed by atoms with Crippen molar-refractivity contribution < 1.29 is 14.3 Å². The number of aryl methyl sites for hydroxylation is 1. The van der Waals surface area contributed by atoms with Crippen LogP contribution in [-0.2, 0) is 4.79 Å². The zero-order valence-electron chi connectivity index (χ0n) is 16.4. The summed E-state index contributed by atoms with van der Waals surface area (Å²) in [6, 6.07) is 19.9. The number of hydrogen-bond donors (Lipinski definition) is 1. The number of esters is 1. The maximum atomic E-state index is 12.4. The van der Waals surface area contributed by atoms with E-state index in [0.717, 1.165) is 5.56 Å². The highest BCUT2D eigenvalue weighted by atomic mass is 35.5. The number of anilines is 1. The highest BCUT2D eigenvalue weighted by Gasteiger charge is 2.11. The molecule has 0 aliphatic heterocycles. The van der Waals surface area contributed by atoms with Crippen molar-refractivity contribution in [2.45, 2.75) is 6.92 Å². The van der Waals surface area contributed by atoms with Crippen LogP contribution in [0.4, 0.5) is 5.69 Å². The molecule has 0 bridgehead atoms. The molecular formula is C24H16Cl2N2O3. The van der Waals surface area contributed by atoms with Crippen LogP contribution in [-0.4, -0.2) is 11.9 Å². The van der Waals surface area contributed by atoms with Crippen molar-refractivity contribution >= 4 is 46.8 Å². The smallest absolute Gasteiger partial charge is 0.343 e. The average Bonchev–Trinajstić information content (AvgIpc) is 2.72. The molecule has 0 unspecified atom stereocenters. The lowest BCUT2D eigenvalue weighted by Crippen LogP contribution is -2.13. The Kier molecular flexibility index (Phi) is 7.09. The Hall–Kier alpha value is -3.59. The number of rotatable bonds is 5. The highest BCUT2D eigenvalue weighted by molar-refractivity contribution is 6.35. The monoisotopic (exact) mass is 450 g/mol. The van der Waals surface area contributed by atoms with Gasteiger partial charge in [-0.3, -0.25) is 4.79 Å². The second kappa shape index (κ2) is 9.94. The molecule has 7 heteroatoms. The zero-order valence-corrected chi connectivity index (χ0v) is 17.9. The Labute approximate surface area is 189 Å². The van der Waals surface area contributed by atoms with E-state index in [1.54, 1.807) is 36.4 Å². The van der Waals surface area contributed by atoms with Crippen LogP contribution < -0.4 is 10.1 Å². The van der Waals surface area contributed by atoms with Gasteiger partial charge in [-0.2, -0.15) is 5.26 Å². The lowest BCUT2D eigenvalue weighted by molar-refractivity contribution is -0.112. The first kappa shape index (κ1) is 22.1. The minimum Gasteiger partial charge on any atom is -0.423 e. The van der Waals surface area contributed by atoms with E-state index < -0.39 is 11.9 Å². The number of benzene rings is 3. The van der Waals surface area contributed by atoms with E-state index in [0.29, 0.717) is 32.6 Å². The lowest BCUT2D eigenvalue weighted by Gasteiger charge is -2.06. The minimum absolute atomic E-state index is 0.111. The summed E-state index contributed by atoms with van der Waals surface area (Å²) in [5.74, 6) is -0.726. The molecular weight excluding hydrogens is 435 g/mol. The third-order valence-corrected chi connectivity index (χ3v) is 4.61. The molecule has 1 N–H and O–H groups in total. The van der Waals surface area contributed by atoms with Gasteiger partial charge in [0.05, 0.1) is 5.56 Å². The first-order valence-electron chi connectivity index (χ1n) is 9.12. The molecule has 1 amide bonds. The van der Waals surface area contributed by atoms with E-state index in [1.165, 1.54) is 24.3 Å². The molecule has 0 saturated heterocycles. The van der Waals surface area contributed by atoms with Crippen LogP contribution in [0.15, 0.2) is 72.3 Å². The van der Waals surface area contributed by atoms with Crippen molar-refractivity contribution in [1.82, 2.24) is 0 Å². The Morgan fingerprint density at radius 3 is 2.16 bits per heavy atom. The van der Waals surface area contributed by atoms with Crippen LogP contribution in [0.5, 0.6) is 5.75 Å². The Bertz CT molecular complexity index is 1170. The van der Waals surface area contributed by atoms with Gasteiger partial charge in [-0.15, -0.1) is 0 Å². The highest BCUT2D eigenvalue weighted by Crippen LogP contribution is 2.23. The quantitative estimate of drug-likeness (QED) is 0.221. The number of carbonyl (C=O) groups is 2. The Morgan fingerprint density at radius 2 is 1.58 bits per heavy atom. The lowest BCUT2D eigenvalue weighted by atomic mass is 10.1. The molecule has 0 heterocycles. The van der Waals surface area contributed by atoms with Gasteiger partial charge in [0.1, 0.15) is 17.4 Å². The zero-order chi connectivity index (χ0) is 22.4. The van der Waals surface area contributed by atoms with Crippen molar-refractivity contribution in [2.24, 2.45) is 0 Å². The van der Waals surface area contributed by atoms with Crippen molar-refractivity contribution in [3.63, 3.8) is 0 Å². The standard InChI is InChI=1S/C24H16Cl2N2O3/c1-15-2-6-17(7-3-15)24(30)31-22-8-4-16(5-9-22)10-18(14-27)23(29)28-21-12-19(25)11-20(26)13-21/h2-13H,1H3,(H,28,29)/b18-10+. The molecule has 0 spiro atoms. The largest absolute Gasteiger partial charge is 0.423 e. The number of carbonyl (C=O) groups excluding carboxylic acids is 2. The molecule has 0 radical (unpaired) electrons. The number of halogens is 2. The Balaban J connectivity index is 1.70. The molecule has 3 rings (SSSR count). The number of hydrogen-bond acceptors (Lipinski definition) is 4. The second-order valence-corrected chi connectivity index (χ2v) is 7.48. The van der Waals surface area contributed by atoms with E-state index in [4.69, 9.17) is 27.9 Å². The number of nitrogens with zero attached hydrogens (tertiary/aromatic N) is 1. The predicted octanol–water partition coefficient (Wildman–Crippen LogP) is 6.07. The predicted molar refractivity (Wildman–Crippen MR) is 121 cm³/mol. The fourth-order valence-corrected chi connectivity index (χ4v) is 3.15. The second-order valence-electron chi connectivity index (χ2n) is 6.61. The van der Waals surface area contributed by atoms with Gasteiger partial charge in [0.15, 0.2) is 0 Å². The van der Waals surface area contributed by atoms with Gasteiger partial charge in [0.2, 0.25) is 0 Å². The van der Waals surface area contributed by atoms with Gasteiger partial charge < -0.3 is 10.1 Å². The number of amides is 1. The molecule has 0 saturated carbocycles. The maximum absolute atomic E-state index is 12.4. The van der Waals surface area contributed by atoms with Crippen LogP contribution in [0.25, 0.3) is 6.08 Å². The van der Waals surface area contributed by atoms with Gasteiger partial charge in [-0.25, -0.2) is 4.79 Å². The van der Waals surface area contributed by atoms with Gasteiger partial charge in [0, 0.05) is 15.7 Å². The number of nitriles is 1. The first-order valence-corrected chi connectivity index (χ1v) is 9.88. The van der Waals surface area contributed by atoms with Crippen LogP contribution in [0.3, 0.4) is 0 Å². The van der Waals surface area contributed by atoms with Crippen molar-refractivity contribution in [3.05, 3.63) is 99.0 Å². The summed E-state index contributed by atoms with van der Waals surface area (Å²) in [4.78, 5) is 24.6. The van der Waals surface area contributed by atoms with Gasteiger partial charge in [-0.1, -0.05) is 53.0 Å². The first-order chi connectivity index (χ1) is 14.8. The summed E-state index contributed by atoms with van der Waals surface area (Å²) in [5, 5.41) is 12.7. The third kappa shape index (κ3) is 6.19. The van der Waals surface area contributed by atoms with Crippen LogP contribution in [0.2, 0.25) is 10.0 Å². The summed E-state index contributed by atoms with van der Waals surface area (Å²) in [5.41, 5.74) is 2.34. The molecule has 3 aromatic carbocycles.